The van der Waals surface area contributed by atoms with Gasteiger partial charge in [-0.25, -0.2) is 0 Å². The van der Waals surface area contributed by atoms with Crippen molar-refractivity contribution < 1.29 is 14.3 Å². The van der Waals surface area contributed by atoms with Crippen LogP contribution in [0.3, 0.4) is 0 Å². The van der Waals surface area contributed by atoms with Crippen LogP contribution in [0.25, 0.3) is 0 Å². The molecule has 0 bridgehead atoms. The van der Waals surface area contributed by atoms with Crippen molar-refractivity contribution in [1.82, 2.24) is 15.5 Å². The van der Waals surface area contributed by atoms with Gasteiger partial charge in [-0.15, -0.1) is 12.4 Å². The first-order chi connectivity index (χ1) is 13.1. The maximum absolute atomic E-state index is 12.7. The van der Waals surface area contributed by atoms with Crippen LogP contribution >= 0.6 is 12.4 Å². The van der Waals surface area contributed by atoms with Crippen molar-refractivity contribution in [2.45, 2.75) is 45.2 Å². The summed E-state index contributed by atoms with van der Waals surface area (Å²) in [5.74, 6) is 2.40. The Balaban J connectivity index is 0.00000280. The number of carbonyl (C=O) groups is 1. The average molecular weight is 412 g/mol. The number of fused-ring (bicyclic) bond motifs is 1. The number of piperidine rings is 1. The lowest BCUT2D eigenvalue weighted by molar-refractivity contribution is -0.127. The van der Waals surface area contributed by atoms with Crippen LogP contribution in [-0.4, -0.2) is 56.7 Å². The highest BCUT2D eigenvalue weighted by atomic mass is 35.5. The van der Waals surface area contributed by atoms with Gasteiger partial charge in [-0.3, -0.25) is 9.69 Å². The summed E-state index contributed by atoms with van der Waals surface area (Å²) in [6.45, 7) is 8.26. The lowest BCUT2D eigenvalue weighted by atomic mass is 9.92. The standard InChI is InChI=1S/C21H33N3O3.ClH/c1-15(18-4-5-19-20(14-18)27-13-12-26-19)23-21(25)16(2)24-10-7-17(8-11-24)6-9-22-3;/h4-5,14-17,22H,6-13H2,1-3H3,(H,23,25);1H. The molecule has 0 spiro atoms. The van der Waals surface area contributed by atoms with Gasteiger partial charge >= 0.3 is 0 Å². The third-order valence-electron chi connectivity index (χ3n) is 5.80. The molecule has 28 heavy (non-hydrogen) atoms. The smallest absolute Gasteiger partial charge is 0.237 e. The fraction of sp³-hybridized carbons (Fsp3) is 0.667. The van der Waals surface area contributed by atoms with E-state index in [-0.39, 0.29) is 30.4 Å². The SMILES string of the molecule is CNCCC1CCN(C(C)C(=O)NC(C)c2ccc3c(c2)OCCO3)CC1.Cl. The van der Waals surface area contributed by atoms with Crippen molar-refractivity contribution in [3.05, 3.63) is 23.8 Å². The van der Waals surface area contributed by atoms with Crippen molar-refractivity contribution in [1.29, 1.82) is 0 Å². The molecule has 2 atom stereocenters. The number of nitrogens with one attached hydrogen (secondary N) is 2. The highest BCUT2D eigenvalue weighted by molar-refractivity contribution is 5.85. The van der Waals surface area contributed by atoms with Crippen LogP contribution in [0, 0.1) is 5.92 Å². The van der Waals surface area contributed by atoms with Crippen LogP contribution in [0.2, 0.25) is 0 Å². The Hall–Kier alpha value is -1.50. The Labute approximate surface area is 174 Å². The fourth-order valence-electron chi connectivity index (χ4n) is 3.89. The highest BCUT2D eigenvalue weighted by Crippen LogP contribution is 2.32. The van der Waals surface area contributed by atoms with Gasteiger partial charge in [-0.05, 0) is 83.4 Å². The Morgan fingerprint density at radius 3 is 2.54 bits per heavy atom. The van der Waals surface area contributed by atoms with Gasteiger partial charge in [-0.2, -0.15) is 0 Å². The van der Waals surface area contributed by atoms with Crippen LogP contribution in [0.5, 0.6) is 11.5 Å². The molecule has 2 heterocycles. The Morgan fingerprint density at radius 2 is 1.86 bits per heavy atom. The number of benzene rings is 1. The van der Waals surface area contributed by atoms with E-state index in [0.29, 0.717) is 13.2 Å². The summed E-state index contributed by atoms with van der Waals surface area (Å²) in [5, 5.41) is 6.39. The molecule has 2 unspecified atom stereocenters. The summed E-state index contributed by atoms with van der Waals surface area (Å²) in [5.41, 5.74) is 1.03. The molecular formula is C21H34ClN3O3. The first kappa shape index (κ1) is 22.8. The van der Waals surface area contributed by atoms with Gasteiger partial charge in [0.15, 0.2) is 11.5 Å². The molecule has 1 amide bonds. The molecule has 1 fully saturated rings. The summed E-state index contributed by atoms with van der Waals surface area (Å²) in [6, 6.07) is 5.72. The monoisotopic (exact) mass is 411 g/mol. The first-order valence-corrected chi connectivity index (χ1v) is 10.2. The summed E-state index contributed by atoms with van der Waals surface area (Å²) in [6.07, 6.45) is 3.58. The average Bonchev–Trinajstić information content (AvgIpc) is 2.71. The molecule has 1 aromatic carbocycles. The van der Waals surface area contributed by atoms with Crippen molar-refractivity contribution in [2.75, 3.05) is 39.9 Å². The molecule has 0 aromatic heterocycles. The number of amides is 1. The molecule has 158 valence electrons. The molecule has 1 aromatic rings. The van der Waals surface area contributed by atoms with E-state index in [0.717, 1.165) is 42.6 Å². The third-order valence-corrected chi connectivity index (χ3v) is 5.80. The zero-order chi connectivity index (χ0) is 19.2. The van der Waals surface area contributed by atoms with Gasteiger partial charge in [0.2, 0.25) is 5.91 Å². The van der Waals surface area contributed by atoms with Crippen LogP contribution in [0.1, 0.15) is 44.7 Å². The fourth-order valence-corrected chi connectivity index (χ4v) is 3.89. The van der Waals surface area contributed by atoms with Gasteiger partial charge in [0.25, 0.3) is 0 Å². The van der Waals surface area contributed by atoms with Crippen molar-refractivity contribution in [3.63, 3.8) is 0 Å². The molecule has 6 nitrogen and oxygen atoms in total. The molecule has 7 heteroatoms. The molecule has 0 aliphatic carbocycles. The number of hydrogen-bond acceptors (Lipinski definition) is 5. The number of ether oxygens (including phenoxy) is 2. The van der Waals surface area contributed by atoms with E-state index in [9.17, 15) is 4.79 Å². The van der Waals surface area contributed by atoms with Crippen LogP contribution in [-0.2, 0) is 4.79 Å². The maximum atomic E-state index is 12.7. The summed E-state index contributed by atoms with van der Waals surface area (Å²) in [7, 11) is 2.00. The van der Waals surface area contributed by atoms with E-state index in [4.69, 9.17) is 9.47 Å². The summed E-state index contributed by atoms with van der Waals surface area (Å²) >= 11 is 0. The summed E-state index contributed by atoms with van der Waals surface area (Å²) in [4.78, 5) is 15.1. The van der Waals surface area contributed by atoms with Gasteiger partial charge in [-0.1, -0.05) is 6.07 Å². The van der Waals surface area contributed by atoms with E-state index >= 15 is 0 Å². The minimum Gasteiger partial charge on any atom is -0.486 e. The minimum atomic E-state index is -0.102. The second-order valence-corrected chi connectivity index (χ2v) is 7.68. The molecule has 1 saturated heterocycles. The van der Waals surface area contributed by atoms with Gasteiger partial charge in [0.05, 0.1) is 12.1 Å². The van der Waals surface area contributed by atoms with E-state index in [2.05, 4.69) is 15.5 Å². The van der Waals surface area contributed by atoms with Crippen molar-refractivity contribution >= 4 is 18.3 Å². The third kappa shape index (κ3) is 5.75. The van der Waals surface area contributed by atoms with Crippen LogP contribution in [0.4, 0.5) is 0 Å². The van der Waals surface area contributed by atoms with E-state index < -0.39 is 0 Å². The van der Waals surface area contributed by atoms with Gasteiger partial charge < -0.3 is 20.1 Å². The zero-order valence-electron chi connectivity index (χ0n) is 17.2. The lowest BCUT2D eigenvalue weighted by Gasteiger charge is -2.35. The normalized spacial score (nSPS) is 19.4. The molecule has 3 rings (SSSR count). The van der Waals surface area contributed by atoms with Crippen LogP contribution in [0.15, 0.2) is 18.2 Å². The second-order valence-electron chi connectivity index (χ2n) is 7.68. The summed E-state index contributed by atoms with van der Waals surface area (Å²) < 4.78 is 11.2. The number of rotatable bonds is 7. The van der Waals surface area contributed by atoms with Crippen LogP contribution < -0.4 is 20.1 Å². The predicted molar refractivity (Wildman–Crippen MR) is 114 cm³/mol. The topological polar surface area (TPSA) is 62.8 Å². The van der Waals surface area contributed by atoms with E-state index in [1.807, 2.05) is 39.1 Å². The first-order valence-electron chi connectivity index (χ1n) is 10.2. The van der Waals surface area contributed by atoms with E-state index in [1.54, 1.807) is 0 Å². The van der Waals surface area contributed by atoms with Crippen molar-refractivity contribution in [3.8, 4) is 11.5 Å². The zero-order valence-corrected chi connectivity index (χ0v) is 18.0. The lowest BCUT2D eigenvalue weighted by Crippen LogP contribution is -2.48. The van der Waals surface area contributed by atoms with Gasteiger partial charge in [0.1, 0.15) is 13.2 Å². The quantitative estimate of drug-likeness (QED) is 0.722. The number of carbonyl (C=O) groups excluding carboxylic acids is 1. The Kier molecular flexibility index (Phi) is 8.86. The molecule has 2 aliphatic heterocycles. The number of halogens is 1. The van der Waals surface area contributed by atoms with Gasteiger partial charge in [0, 0.05) is 0 Å². The Bertz CT molecular complexity index is 635. The van der Waals surface area contributed by atoms with Crippen molar-refractivity contribution in [2.24, 2.45) is 5.92 Å². The molecule has 2 N–H and O–H groups in total. The number of nitrogens with zero attached hydrogens (tertiary/aromatic N) is 1. The Morgan fingerprint density at radius 1 is 1.18 bits per heavy atom. The predicted octanol–water partition coefficient (Wildman–Crippen LogP) is 2.77. The minimum absolute atomic E-state index is 0. The molecular weight excluding hydrogens is 378 g/mol. The second kappa shape index (κ2) is 10.9. The molecule has 0 radical (unpaired) electrons. The largest absolute Gasteiger partial charge is 0.486 e. The highest BCUT2D eigenvalue weighted by Gasteiger charge is 2.27. The van der Waals surface area contributed by atoms with E-state index in [1.165, 1.54) is 19.3 Å². The molecule has 0 saturated carbocycles. The number of likely N-dealkylation sites (tertiary alicyclic amines) is 1. The maximum Gasteiger partial charge on any atom is 0.237 e. The molecule has 2 aliphatic rings. The number of hydrogen-bond donors (Lipinski definition) is 2.